The minimum Gasteiger partial charge on any atom is -0.395 e. The molecule has 1 atom stereocenters. The molecule has 0 radical (unpaired) electrons. The van der Waals surface area contributed by atoms with Crippen molar-refractivity contribution in [1.82, 2.24) is 9.80 Å². The predicted molar refractivity (Wildman–Crippen MR) is 78.3 cm³/mol. The van der Waals surface area contributed by atoms with Crippen molar-refractivity contribution in [3.63, 3.8) is 0 Å². The van der Waals surface area contributed by atoms with Crippen molar-refractivity contribution in [3.8, 4) is 0 Å². The monoisotopic (exact) mass is 283 g/mol. The minimum atomic E-state index is 0.231. The van der Waals surface area contributed by atoms with Crippen molar-refractivity contribution in [3.05, 3.63) is 34.9 Å². The van der Waals surface area contributed by atoms with Crippen LogP contribution in [-0.2, 0) is 0 Å². The fourth-order valence-electron chi connectivity index (χ4n) is 2.65. The van der Waals surface area contributed by atoms with E-state index in [4.69, 9.17) is 22.4 Å². The van der Waals surface area contributed by atoms with Crippen LogP contribution in [0.15, 0.2) is 24.3 Å². The van der Waals surface area contributed by atoms with Gasteiger partial charge in [-0.1, -0.05) is 23.7 Å². The van der Waals surface area contributed by atoms with Gasteiger partial charge in [-0.25, -0.2) is 0 Å². The zero-order valence-corrected chi connectivity index (χ0v) is 11.9. The Hall–Kier alpha value is -0.650. The topological polar surface area (TPSA) is 52.7 Å². The second-order valence-corrected chi connectivity index (χ2v) is 5.34. The van der Waals surface area contributed by atoms with Crippen molar-refractivity contribution in [2.45, 2.75) is 6.04 Å². The van der Waals surface area contributed by atoms with E-state index in [0.29, 0.717) is 6.54 Å². The van der Waals surface area contributed by atoms with Gasteiger partial charge in [-0.2, -0.15) is 0 Å². The summed E-state index contributed by atoms with van der Waals surface area (Å²) in [6, 6.07) is 8.18. The Bertz CT molecular complexity index is 394. The standard InChI is InChI=1S/C14H22ClN3O/c15-13-3-1-2-12(10-13)14(11-16)18-6-4-17(5-7-18)8-9-19/h1-3,10,14,19H,4-9,11,16H2. The smallest absolute Gasteiger partial charge is 0.0558 e. The van der Waals surface area contributed by atoms with Gasteiger partial charge >= 0.3 is 0 Å². The van der Waals surface area contributed by atoms with Crippen LogP contribution in [0.5, 0.6) is 0 Å². The van der Waals surface area contributed by atoms with E-state index in [0.717, 1.165) is 37.7 Å². The van der Waals surface area contributed by atoms with Gasteiger partial charge in [0.05, 0.1) is 6.61 Å². The number of β-amino-alcohol motifs (C(OH)–C–C–N with tert-alkyl or cyclic N) is 1. The maximum absolute atomic E-state index is 8.96. The fourth-order valence-corrected chi connectivity index (χ4v) is 2.85. The number of halogens is 1. The Morgan fingerprint density at radius 2 is 2.00 bits per heavy atom. The molecule has 0 aliphatic carbocycles. The summed E-state index contributed by atoms with van der Waals surface area (Å²) >= 11 is 6.05. The summed E-state index contributed by atoms with van der Waals surface area (Å²) in [6.07, 6.45) is 0. The second-order valence-electron chi connectivity index (χ2n) is 4.91. The molecular formula is C14H22ClN3O. The van der Waals surface area contributed by atoms with Crippen molar-refractivity contribution in [1.29, 1.82) is 0 Å². The van der Waals surface area contributed by atoms with Gasteiger partial charge in [0.15, 0.2) is 0 Å². The molecule has 0 spiro atoms. The van der Waals surface area contributed by atoms with Gasteiger partial charge in [0, 0.05) is 50.3 Å². The molecule has 5 heteroatoms. The first-order valence-electron chi connectivity index (χ1n) is 6.77. The highest BCUT2D eigenvalue weighted by Gasteiger charge is 2.23. The SMILES string of the molecule is NCC(c1cccc(Cl)c1)N1CCN(CCO)CC1. The van der Waals surface area contributed by atoms with Crippen LogP contribution in [0.25, 0.3) is 0 Å². The molecular weight excluding hydrogens is 262 g/mol. The molecule has 1 aromatic carbocycles. The molecule has 19 heavy (non-hydrogen) atoms. The molecule has 4 nitrogen and oxygen atoms in total. The summed E-state index contributed by atoms with van der Waals surface area (Å²) in [5.41, 5.74) is 7.13. The van der Waals surface area contributed by atoms with Crippen molar-refractivity contribution >= 4 is 11.6 Å². The Morgan fingerprint density at radius 1 is 1.26 bits per heavy atom. The summed E-state index contributed by atoms with van der Waals surface area (Å²) in [7, 11) is 0. The number of benzene rings is 1. The zero-order valence-electron chi connectivity index (χ0n) is 11.1. The first-order chi connectivity index (χ1) is 9.24. The molecule has 0 bridgehead atoms. The zero-order chi connectivity index (χ0) is 13.7. The quantitative estimate of drug-likeness (QED) is 0.845. The summed E-state index contributed by atoms with van der Waals surface area (Å²) < 4.78 is 0. The number of piperazine rings is 1. The Kier molecular flexibility index (Phi) is 5.60. The molecule has 1 aliphatic heterocycles. The average Bonchev–Trinajstić information content (AvgIpc) is 2.42. The first-order valence-corrected chi connectivity index (χ1v) is 7.15. The third-order valence-corrected chi connectivity index (χ3v) is 3.96. The van der Waals surface area contributed by atoms with Crippen molar-refractivity contribution in [2.75, 3.05) is 45.9 Å². The van der Waals surface area contributed by atoms with E-state index in [2.05, 4.69) is 15.9 Å². The molecule has 1 unspecified atom stereocenters. The number of rotatable bonds is 5. The number of nitrogens with zero attached hydrogens (tertiary/aromatic N) is 2. The van der Waals surface area contributed by atoms with Crippen LogP contribution in [0.4, 0.5) is 0 Å². The van der Waals surface area contributed by atoms with Crippen LogP contribution < -0.4 is 5.73 Å². The van der Waals surface area contributed by atoms with E-state index in [1.165, 1.54) is 5.56 Å². The molecule has 1 heterocycles. The molecule has 3 N–H and O–H groups in total. The highest BCUT2D eigenvalue weighted by molar-refractivity contribution is 6.30. The third-order valence-electron chi connectivity index (χ3n) is 3.72. The van der Waals surface area contributed by atoms with Crippen LogP contribution in [0.3, 0.4) is 0 Å². The molecule has 1 saturated heterocycles. The van der Waals surface area contributed by atoms with E-state index >= 15 is 0 Å². The first kappa shape index (κ1) is 14.8. The highest BCUT2D eigenvalue weighted by atomic mass is 35.5. The van der Waals surface area contributed by atoms with Gasteiger partial charge in [-0.05, 0) is 17.7 Å². The number of aliphatic hydroxyl groups is 1. The summed E-state index contributed by atoms with van der Waals surface area (Å²) in [4.78, 5) is 4.68. The van der Waals surface area contributed by atoms with Crippen LogP contribution in [0.2, 0.25) is 5.02 Å². The van der Waals surface area contributed by atoms with Crippen LogP contribution in [0, 0.1) is 0 Å². The van der Waals surface area contributed by atoms with E-state index in [9.17, 15) is 0 Å². The third kappa shape index (κ3) is 3.91. The summed E-state index contributed by atoms with van der Waals surface area (Å²) in [5, 5.41) is 9.72. The van der Waals surface area contributed by atoms with E-state index in [-0.39, 0.29) is 12.6 Å². The molecule has 1 aromatic rings. The van der Waals surface area contributed by atoms with Gasteiger partial charge in [0.25, 0.3) is 0 Å². The van der Waals surface area contributed by atoms with Gasteiger partial charge in [0.2, 0.25) is 0 Å². The van der Waals surface area contributed by atoms with E-state index in [1.807, 2.05) is 18.2 Å². The molecule has 0 saturated carbocycles. The molecule has 1 fully saturated rings. The number of aliphatic hydroxyl groups excluding tert-OH is 1. The molecule has 2 rings (SSSR count). The summed E-state index contributed by atoms with van der Waals surface area (Å²) in [5.74, 6) is 0. The number of nitrogens with two attached hydrogens (primary N) is 1. The lowest BCUT2D eigenvalue weighted by atomic mass is 10.0. The second kappa shape index (κ2) is 7.22. The van der Waals surface area contributed by atoms with Gasteiger partial charge < -0.3 is 10.8 Å². The Labute approximate surface area is 119 Å². The van der Waals surface area contributed by atoms with Crippen molar-refractivity contribution < 1.29 is 5.11 Å². The number of hydrogen-bond acceptors (Lipinski definition) is 4. The van der Waals surface area contributed by atoms with Gasteiger partial charge in [0.1, 0.15) is 0 Å². The maximum atomic E-state index is 8.96. The molecule has 106 valence electrons. The highest BCUT2D eigenvalue weighted by Crippen LogP contribution is 2.23. The normalized spacial score (nSPS) is 19.5. The van der Waals surface area contributed by atoms with E-state index < -0.39 is 0 Å². The maximum Gasteiger partial charge on any atom is 0.0558 e. The minimum absolute atomic E-state index is 0.231. The molecule has 0 amide bonds. The van der Waals surface area contributed by atoms with Gasteiger partial charge in [-0.3, -0.25) is 9.80 Å². The lowest BCUT2D eigenvalue weighted by molar-refractivity contribution is 0.0857. The summed E-state index contributed by atoms with van der Waals surface area (Å²) in [6.45, 7) is 5.52. The molecule has 0 aromatic heterocycles. The van der Waals surface area contributed by atoms with Gasteiger partial charge in [-0.15, -0.1) is 0 Å². The van der Waals surface area contributed by atoms with Crippen LogP contribution in [0.1, 0.15) is 11.6 Å². The van der Waals surface area contributed by atoms with E-state index in [1.54, 1.807) is 0 Å². The Balaban J connectivity index is 1.99. The van der Waals surface area contributed by atoms with Crippen LogP contribution in [-0.4, -0.2) is 60.8 Å². The number of hydrogen-bond donors (Lipinski definition) is 2. The Morgan fingerprint density at radius 3 is 2.58 bits per heavy atom. The largest absolute Gasteiger partial charge is 0.395 e. The average molecular weight is 284 g/mol. The fraction of sp³-hybridized carbons (Fsp3) is 0.571. The lowest BCUT2D eigenvalue weighted by Gasteiger charge is -2.39. The van der Waals surface area contributed by atoms with Crippen LogP contribution >= 0.6 is 11.6 Å². The van der Waals surface area contributed by atoms with Crippen molar-refractivity contribution in [2.24, 2.45) is 5.73 Å². The lowest BCUT2D eigenvalue weighted by Crippen LogP contribution is -2.49. The molecule has 1 aliphatic rings. The predicted octanol–water partition coefficient (Wildman–Crippen LogP) is 0.950.